The van der Waals surface area contributed by atoms with Gasteiger partial charge in [-0.15, -0.1) is 0 Å². The maximum Gasteiger partial charge on any atom is 0.312 e. The van der Waals surface area contributed by atoms with Gasteiger partial charge in [-0.05, 0) is 5.92 Å². The van der Waals surface area contributed by atoms with Gasteiger partial charge in [0, 0.05) is 25.6 Å². The quantitative estimate of drug-likeness (QED) is 0.584. The maximum atomic E-state index is 11.9. The summed E-state index contributed by atoms with van der Waals surface area (Å²) < 4.78 is 0. The minimum atomic E-state index is -0.689. The number of aliphatic hydroxyl groups excluding tert-OH is 1. The molecule has 0 saturated carbocycles. The number of urea groups is 1. The van der Waals surface area contributed by atoms with Crippen molar-refractivity contribution in [1.29, 1.82) is 0 Å². The highest BCUT2D eigenvalue weighted by Gasteiger charge is 2.35. The predicted octanol–water partition coefficient (Wildman–Crippen LogP) is -0.870. The van der Waals surface area contributed by atoms with Gasteiger partial charge in [0.2, 0.25) is 5.91 Å². The molecule has 1 unspecified atom stereocenters. The van der Waals surface area contributed by atoms with Gasteiger partial charge in [-0.25, -0.2) is 4.79 Å². The predicted molar refractivity (Wildman–Crippen MR) is 58.5 cm³/mol. The van der Waals surface area contributed by atoms with Crippen molar-refractivity contribution in [3.63, 3.8) is 0 Å². The van der Waals surface area contributed by atoms with E-state index in [1.54, 1.807) is 4.90 Å². The van der Waals surface area contributed by atoms with Crippen molar-refractivity contribution in [2.75, 3.05) is 19.7 Å². The molecule has 0 aliphatic carbocycles. The zero-order chi connectivity index (χ0) is 12.3. The number of rotatable bonds is 4. The van der Waals surface area contributed by atoms with Gasteiger partial charge in [0.25, 0.3) is 0 Å². The van der Waals surface area contributed by atoms with E-state index >= 15 is 0 Å². The molecule has 1 aliphatic heterocycles. The summed E-state index contributed by atoms with van der Waals surface area (Å²) in [6, 6.07) is -1.26. The van der Waals surface area contributed by atoms with E-state index in [0.29, 0.717) is 13.1 Å². The molecule has 0 aromatic heterocycles. The van der Waals surface area contributed by atoms with Gasteiger partial charge in [0.05, 0.1) is 0 Å². The van der Waals surface area contributed by atoms with Gasteiger partial charge in [0.1, 0.15) is 6.04 Å². The van der Waals surface area contributed by atoms with E-state index < -0.39 is 12.1 Å². The molecule has 6 nitrogen and oxygen atoms in total. The van der Waals surface area contributed by atoms with Crippen molar-refractivity contribution in [3.05, 3.63) is 0 Å². The summed E-state index contributed by atoms with van der Waals surface area (Å²) in [6.45, 7) is 4.90. The van der Waals surface area contributed by atoms with Crippen LogP contribution in [0.25, 0.3) is 0 Å². The summed E-state index contributed by atoms with van der Waals surface area (Å²) >= 11 is 0. The number of nitrogens with one attached hydrogen (secondary N) is 1. The third-order valence-electron chi connectivity index (χ3n) is 2.76. The molecule has 1 saturated heterocycles. The van der Waals surface area contributed by atoms with Crippen LogP contribution in [0.2, 0.25) is 0 Å². The molecule has 1 atom stereocenters. The van der Waals surface area contributed by atoms with Crippen molar-refractivity contribution in [3.8, 4) is 0 Å². The number of carbonyl (C=O) groups excluding carboxylic acids is 2. The summed E-state index contributed by atoms with van der Waals surface area (Å²) in [7, 11) is 0. The van der Waals surface area contributed by atoms with E-state index in [9.17, 15) is 9.59 Å². The maximum absolute atomic E-state index is 11.9. The van der Waals surface area contributed by atoms with Gasteiger partial charge in [-0.3, -0.25) is 4.79 Å². The van der Waals surface area contributed by atoms with Gasteiger partial charge < -0.3 is 21.1 Å². The van der Waals surface area contributed by atoms with Gasteiger partial charge in [-0.2, -0.15) is 0 Å². The first kappa shape index (κ1) is 12.8. The highest BCUT2D eigenvalue weighted by atomic mass is 16.3. The standard InChI is InChI=1S/C10H19N3O3/c1-6(2)8(12-10(11)16)9(15)13-3-7(4-13)5-14/h6-8,14H,3-5H2,1-2H3,(H3,11,12,16). The summed E-state index contributed by atoms with van der Waals surface area (Å²) in [5.41, 5.74) is 5.02. The lowest BCUT2D eigenvalue weighted by Gasteiger charge is -2.40. The van der Waals surface area contributed by atoms with Crippen LogP contribution in [0.15, 0.2) is 0 Å². The first-order valence-electron chi connectivity index (χ1n) is 5.41. The van der Waals surface area contributed by atoms with Crippen LogP contribution in [0.1, 0.15) is 13.8 Å². The lowest BCUT2D eigenvalue weighted by atomic mass is 9.96. The second kappa shape index (κ2) is 5.16. The molecule has 6 heteroatoms. The van der Waals surface area contributed by atoms with E-state index in [2.05, 4.69) is 5.32 Å². The van der Waals surface area contributed by atoms with Gasteiger partial charge in [-0.1, -0.05) is 13.8 Å². The van der Waals surface area contributed by atoms with Crippen molar-refractivity contribution in [1.82, 2.24) is 10.2 Å². The van der Waals surface area contributed by atoms with E-state index in [-0.39, 0.29) is 24.3 Å². The normalized spacial score (nSPS) is 18.1. The monoisotopic (exact) mass is 229 g/mol. The molecule has 4 N–H and O–H groups in total. The fraction of sp³-hybridized carbons (Fsp3) is 0.800. The van der Waals surface area contributed by atoms with E-state index in [0.717, 1.165) is 0 Å². The molecule has 0 aromatic rings. The summed E-state index contributed by atoms with van der Waals surface area (Å²) in [5, 5.41) is 11.3. The first-order chi connectivity index (χ1) is 7.45. The highest BCUT2D eigenvalue weighted by Crippen LogP contribution is 2.17. The molecule has 1 aliphatic rings. The molecule has 92 valence electrons. The Labute approximate surface area is 94.8 Å². The van der Waals surface area contributed by atoms with Crippen molar-refractivity contribution in [2.45, 2.75) is 19.9 Å². The SMILES string of the molecule is CC(C)C(NC(N)=O)C(=O)N1CC(CO)C1. The molecule has 1 rings (SSSR count). The Morgan fingerprint density at radius 2 is 2.06 bits per heavy atom. The number of carbonyl (C=O) groups is 2. The Morgan fingerprint density at radius 1 is 1.50 bits per heavy atom. The van der Waals surface area contributed by atoms with Gasteiger partial charge >= 0.3 is 6.03 Å². The fourth-order valence-electron chi connectivity index (χ4n) is 1.73. The van der Waals surface area contributed by atoms with Gasteiger partial charge in [0.15, 0.2) is 0 Å². The van der Waals surface area contributed by atoms with Crippen LogP contribution < -0.4 is 11.1 Å². The van der Waals surface area contributed by atoms with Crippen molar-refractivity contribution < 1.29 is 14.7 Å². The molecule has 0 bridgehead atoms. The third kappa shape index (κ3) is 2.85. The smallest absolute Gasteiger partial charge is 0.312 e. The number of hydrogen-bond donors (Lipinski definition) is 3. The highest BCUT2D eigenvalue weighted by molar-refractivity contribution is 5.87. The summed E-state index contributed by atoms with van der Waals surface area (Å²) in [4.78, 5) is 24.3. The van der Waals surface area contributed by atoms with Crippen LogP contribution in [0.3, 0.4) is 0 Å². The first-order valence-corrected chi connectivity index (χ1v) is 5.41. The Bertz CT molecular complexity index is 274. The minimum Gasteiger partial charge on any atom is -0.396 e. The minimum absolute atomic E-state index is 0.00632. The lowest BCUT2D eigenvalue weighted by molar-refractivity contribution is -0.141. The molecule has 16 heavy (non-hydrogen) atoms. The molecule has 0 aromatic carbocycles. The van der Waals surface area contributed by atoms with Crippen LogP contribution in [0.4, 0.5) is 4.79 Å². The number of nitrogens with two attached hydrogens (primary N) is 1. The third-order valence-corrected chi connectivity index (χ3v) is 2.76. The van der Waals surface area contributed by atoms with Crippen LogP contribution in [0.5, 0.6) is 0 Å². The van der Waals surface area contributed by atoms with Crippen molar-refractivity contribution >= 4 is 11.9 Å². The topological polar surface area (TPSA) is 95.7 Å². The Hall–Kier alpha value is -1.30. The Kier molecular flexibility index (Phi) is 4.12. The summed E-state index contributed by atoms with van der Waals surface area (Å²) in [6.07, 6.45) is 0. The molecule has 3 amide bonds. The molecule has 0 radical (unpaired) electrons. The number of likely N-dealkylation sites (tertiary alicyclic amines) is 1. The molecular formula is C10H19N3O3. The number of nitrogens with zero attached hydrogens (tertiary/aromatic N) is 1. The van der Waals surface area contributed by atoms with Crippen LogP contribution in [0, 0.1) is 11.8 Å². The van der Waals surface area contributed by atoms with Crippen molar-refractivity contribution in [2.24, 2.45) is 17.6 Å². The van der Waals surface area contributed by atoms with E-state index in [1.165, 1.54) is 0 Å². The fourth-order valence-corrected chi connectivity index (χ4v) is 1.73. The van der Waals surface area contributed by atoms with E-state index in [4.69, 9.17) is 10.8 Å². The van der Waals surface area contributed by atoms with Crippen LogP contribution in [-0.4, -0.2) is 47.7 Å². The second-order valence-electron chi connectivity index (χ2n) is 4.52. The average molecular weight is 229 g/mol. The zero-order valence-electron chi connectivity index (χ0n) is 9.64. The largest absolute Gasteiger partial charge is 0.396 e. The Morgan fingerprint density at radius 3 is 2.44 bits per heavy atom. The molecule has 1 fully saturated rings. The number of amides is 3. The van der Waals surface area contributed by atoms with Crippen LogP contribution in [-0.2, 0) is 4.79 Å². The zero-order valence-corrected chi connectivity index (χ0v) is 9.64. The number of primary amides is 1. The average Bonchev–Trinajstić information content (AvgIpc) is 2.11. The molecular weight excluding hydrogens is 210 g/mol. The Balaban J connectivity index is 2.52. The lowest BCUT2D eigenvalue weighted by Crippen LogP contribution is -2.59. The van der Waals surface area contributed by atoms with E-state index in [1.807, 2.05) is 13.8 Å². The summed E-state index contributed by atoms with van der Waals surface area (Å²) in [5.74, 6) is 0.0389. The second-order valence-corrected chi connectivity index (χ2v) is 4.52. The molecule has 0 spiro atoms. The van der Waals surface area contributed by atoms with Crippen LogP contribution >= 0.6 is 0 Å². The molecule has 1 heterocycles. The number of hydrogen-bond acceptors (Lipinski definition) is 3. The number of aliphatic hydroxyl groups is 1.